The van der Waals surface area contributed by atoms with Crippen LogP contribution in [0, 0.1) is 5.82 Å². The summed E-state index contributed by atoms with van der Waals surface area (Å²) in [6.07, 6.45) is -0.905. The summed E-state index contributed by atoms with van der Waals surface area (Å²) in [6.45, 7) is 0. The Labute approximate surface area is 96.8 Å². The molecule has 0 saturated heterocycles. The lowest BCUT2D eigenvalue weighted by molar-refractivity contribution is 0.212. The van der Waals surface area contributed by atoms with Gasteiger partial charge in [0.2, 0.25) is 0 Å². The molecule has 0 spiro atoms. The lowest BCUT2D eigenvalue weighted by atomic mass is 10.2. The van der Waals surface area contributed by atoms with E-state index in [1.165, 1.54) is 6.07 Å². The minimum absolute atomic E-state index is 0.281. The minimum atomic E-state index is -0.905. The molecule has 1 aromatic heterocycles. The van der Waals surface area contributed by atoms with Gasteiger partial charge >= 0.3 is 6.09 Å². The molecule has 0 atom stereocenters. The molecule has 0 aliphatic carbocycles. The van der Waals surface area contributed by atoms with Crippen LogP contribution in [0.25, 0.3) is 10.1 Å². The number of ether oxygens (including phenoxy) is 1. The van der Waals surface area contributed by atoms with Gasteiger partial charge in [-0.2, -0.15) is 0 Å². The fraction of sp³-hybridized carbons (Fsp3) is 0. The normalized spacial score (nSPS) is 10.5. The molecule has 2 aromatic rings. The van der Waals surface area contributed by atoms with Crippen molar-refractivity contribution in [2.75, 3.05) is 0 Å². The first-order valence-corrected chi connectivity index (χ1v) is 5.53. The monoisotopic (exact) mass is 289 g/mol. The maximum atomic E-state index is 13.3. The molecule has 1 aromatic carbocycles. The van der Waals surface area contributed by atoms with Crippen LogP contribution in [0.5, 0.6) is 5.06 Å². The van der Waals surface area contributed by atoms with Gasteiger partial charge in [0.1, 0.15) is 5.82 Å². The van der Waals surface area contributed by atoms with Crippen molar-refractivity contribution in [3.8, 4) is 5.06 Å². The van der Waals surface area contributed by atoms with Gasteiger partial charge in [-0.25, -0.2) is 9.18 Å². The van der Waals surface area contributed by atoms with E-state index in [1.54, 1.807) is 12.1 Å². The SMILES string of the molecule is NC(=O)Oc1cc2c(Br)ccc(F)c2s1. The van der Waals surface area contributed by atoms with Gasteiger partial charge in [-0.1, -0.05) is 27.3 Å². The van der Waals surface area contributed by atoms with Crippen LogP contribution < -0.4 is 10.5 Å². The maximum Gasteiger partial charge on any atom is 0.410 e. The van der Waals surface area contributed by atoms with Gasteiger partial charge in [0.15, 0.2) is 5.06 Å². The molecule has 3 nitrogen and oxygen atoms in total. The second-order valence-electron chi connectivity index (χ2n) is 2.76. The Kier molecular flexibility index (Phi) is 2.62. The van der Waals surface area contributed by atoms with Gasteiger partial charge in [0.05, 0.1) is 4.70 Å². The summed E-state index contributed by atoms with van der Waals surface area (Å²) in [7, 11) is 0. The molecule has 78 valence electrons. The van der Waals surface area contributed by atoms with Crippen LogP contribution in [0.2, 0.25) is 0 Å². The van der Waals surface area contributed by atoms with E-state index < -0.39 is 6.09 Å². The molecule has 6 heteroatoms. The largest absolute Gasteiger partial charge is 0.410 e. The third-order valence-electron chi connectivity index (χ3n) is 1.76. The zero-order chi connectivity index (χ0) is 11.0. The van der Waals surface area contributed by atoms with Gasteiger partial charge in [-0.05, 0) is 12.1 Å². The Morgan fingerprint density at radius 2 is 2.27 bits per heavy atom. The summed E-state index contributed by atoms with van der Waals surface area (Å²) in [5.74, 6) is -0.350. The smallest absolute Gasteiger partial charge is 0.399 e. The zero-order valence-corrected chi connectivity index (χ0v) is 9.69. The maximum absolute atomic E-state index is 13.3. The molecule has 0 aliphatic heterocycles. The van der Waals surface area contributed by atoms with E-state index in [1.807, 2.05) is 0 Å². The third kappa shape index (κ3) is 1.95. The molecule has 0 bridgehead atoms. The number of amides is 1. The second kappa shape index (κ2) is 3.79. The molecular weight excluding hydrogens is 285 g/mol. The summed E-state index contributed by atoms with van der Waals surface area (Å²) in [6, 6.07) is 4.51. The highest BCUT2D eigenvalue weighted by Crippen LogP contribution is 2.37. The van der Waals surface area contributed by atoms with E-state index in [4.69, 9.17) is 5.73 Å². The summed E-state index contributed by atoms with van der Waals surface area (Å²) in [5, 5.41) is 0.944. The topological polar surface area (TPSA) is 52.3 Å². The standard InChI is InChI=1S/C9H5BrFNO2S/c10-5-1-2-6(11)8-4(5)3-7(15-8)14-9(12)13/h1-3H,(H2,12,13). The molecule has 0 saturated carbocycles. The van der Waals surface area contributed by atoms with Crippen LogP contribution in [0.3, 0.4) is 0 Å². The van der Waals surface area contributed by atoms with Crippen molar-refractivity contribution in [1.82, 2.24) is 0 Å². The van der Waals surface area contributed by atoms with E-state index in [0.29, 0.717) is 10.1 Å². The number of nitrogens with two attached hydrogens (primary N) is 1. The lowest BCUT2D eigenvalue weighted by Crippen LogP contribution is -2.15. The fourth-order valence-electron chi connectivity index (χ4n) is 1.18. The van der Waals surface area contributed by atoms with Gasteiger partial charge in [-0.3, -0.25) is 0 Å². The van der Waals surface area contributed by atoms with Crippen LogP contribution in [-0.2, 0) is 0 Å². The van der Waals surface area contributed by atoms with Gasteiger partial charge in [-0.15, -0.1) is 0 Å². The van der Waals surface area contributed by atoms with Crippen LogP contribution in [0.1, 0.15) is 0 Å². The first-order chi connectivity index (χ1) is 7.08. The number of thiophene rings is 1. The Hall–Kier alpha value is -1.14. The van der Waals surface area contributed by atoms with Crippen molar-refractivity contribution in [1.29, 1.82) is 0 Å². The molecule has 2 N–H and O–H groups in total. The number of hydrogen-bond donors (Lipinski definition) is 1. The van der Waals surface area contributed by atoms with Gasteiger partial charge in [0.25, 0.3) is 0 Å². The highest BCUT2D eigenvalue weighted by molar-refractivity contribution is 9.10. The van der Waals surface area contributed by atoms with Crippen molar-refractivity contribution in [3.05, 3.63) is 28.5 Å². The third-order valence-corrected chi connectivity index (χ3v) is 3.47. The molecule has 0 unspecified atom stereocenters. The van der Waals surface area contributed by atoms with E-state index >= 15 is 0 Å². The highest BCUT2D eigenvalue weighted by Gasteiger charge is 2.11. The number of carbonyl (C=O) groups is 1. The van der Waals surface area contributed by atoms with Crippen LogP contribution in [-0.4, -0.2) is 6.09 Å². The Morgan fingerprint density at radius 3 is 2.87 bits per heavy atom. The number of fused-ring (bicyclic) bond motifs is 1. The first-order valence-electron chi connectivity index (χ1n) is 3.93. The number of primary amides is 1. The van der Waals surface area contributed by atoms with Crippen LogP contribution in [0.15, 0.2) is 22.7 Å². The van der Waals surface area contributed by atoms with E-state index in [9.17, 15) is 9.18 Å². The Morgan fingerprint density at radius 1 is 1.53 bits per heavy atom. The van der Waals surface area contributed by atoms with Crippen LogP contribution in [0.4, 0.5) is 9.18 Å². The molecule has 1 heterocycles. The zero-order valence-electron chi connectivity index (χ0n) is 7.29. The number of hydrogen-bond acceptors (Lipinski definition) is 3. The molecule has 0 aliphatic rings. The van der Waals surface area contributed by atoms with Crippen molar-refractivity contribution in [2.45, 2.75) is 0 Å². The Balaban J connectivity index is 2.59. The van der Waals surface area contributed by atoms with E-state index in [0.717, 1.165) is 15.8 Å². The lowest BCUT2D eigenvalue weighted by Gasteiger charge is -1.93. The van der Waals surface area contributed by atoms with Crippen molar-refractivity contribution in [2.24, 2.45) is 5.73 Å². The molecular formula is C9H5BrFNO2S. The first kappa shape index (κ1) is 10.4. The van der Waals surface area contributed by atoms with Gasteiger partial charge < -0.3 is 10.5 Å². The predicted octanol–water partition coefficient (Wildman–Crippen LogP) is 3.26. The Bertz CT molecular complexity index is 501. The second-order valence-corrected chi connectivity index (χ2v) is 4.63. The molecule has 1 amide bonds. The quantitative estimate of drug-likeness (QED) is 0.876. The average Bonchev–Trinajstić information content (AvgIpc) is 2.55. The summed E-state index contributed by atoms with van der Waals surface area (Å²) >= 11 is 4.32. The van der Waals surface area contributed by atoms with Crippen molar-refractivity contribution < 1.29 is 13.9 Å². The van der Waals surface area contributed by atoms with Crippen molar-refractivity contribution in [3.63, 3.8) is 0 Å². The summed E-state index contributed by atoms with van der Waals surface area (Å²) in [4.78, 5) is 10.5. The predicted molar refractivity (Wildman–Crippen MR) is 59.7 cm³/mol. The van der Waals surface area contributed by atoms with Crippen LogP contribution >= 0.6 is 27.3 Å². The minimum Gasteiger partial charge on any atom is -0.399 e. The average molecular weight is 290 g/mol. The number of benzene rings is 1. The molecule has 15 heavy (non-hydrogen) atoms. The number of carbonyl (C=O) groups excluding carboxylic acids is 1. The van der Waals surface area contributed by atoms with E-state index in [-0.39, 0.29) is 10.9 Å². The molecule has 0 fully saturated rings. The van der Waals surface area contributed by atoms with E-state index in [2.05, 4.69) is 20.7 Å². The molecule has 2 rings (SSSR count). The van der Waals surface area contributed by atoms with Crippen molar-refractivity contribution >= 4 is 43.4 Å². The molecule has 0 radical (unpaired) electrons. The summed E-state index contributed by atoms with van der Waals surface area (Å²) in [5.41, 5.74) is 4.86. The number of halogens is 2. The number of rotatable bonds is 1. The summed E-state index contributed by atoms with van der Waals surface area (Å²) < 4.78 is 19.2. The fourth-order valence-corrected chi connectivity index (χ4v) is 2.71. The highest BCUT2D eigenvalue weighted by atomic mass is 79.9. The van der Waals surface area contributed by atoms with Gasteiger partial charge in [0, 0.05) is 15.9 Å².